The van der Waals surface area contributed by atoms with Crippen molar-refractivity contribution in [1.29, 1.82) is 0 Å². The van der Waals surface area contributed by atoms with E-state index in [0.29, 0.717) is 5.15 Å². The highest BCUT2D eigenvalue weighted by molar-refractivity contribution is 9.10. The first kappa shape index (κ1) is 8.69. The molecule has 62 valence electrons. The molecule has 0 N–H and O–H groups in total. The summed E-state index contributed by atoms with van der Waals surface area (Å²) in [5.74, 6) is 0. The van der Waals surface area contributed by atoms with Crippen LogP contribution in [0.5, 0.6) is 0 Å². The van der Waals surface area contributed by atoms with Crippen molar-refractivity contribution >= 4 is 50.2 Å². The molecule has 2 rings (SSSR count). The van der Waals surface area contributed by atoms with Crippen molar-refractivity contribution in [3.8, 4) is 10.6 Å². The van der Waals surface area contributed by atoms with Gasteiger partial charge in [0.05, 0.1) is 0 Å². The first-order valence-corrected chi connectivity index (χ1v) is 6.10. The second-order valence-electron chi connectivity index (χ2n) is 2.11. The maximum absolute atomic E-state index is 5.72. The molecule has 0 aliphatic heterocycles. The lowest BCUT2D eigenvalue weighted by Gasteiger charge is -1.89. The molecule has 0 spiro atoms. The highest BCUT2D eigenvalue weighted by Crippen LogP contribution is 2.34. The summed E-state index contributed by atoms with van der Waals surface area (Å²) in [6.07, 6.45) is 0. The minimum Gasteiger partial charge on any atom is -0.224 e. The van der Waals surface area contributed by atoms with Crippen LogP contribution in [0.2, 0.25) is 5.15 Å². The van der Waals surface area contributed by atoms with Gasteiger partial charge in [0.15, 0.2) is 0 Å². The van der Waals surface area contributed by atoms with Crippen LogP contribution in [0, 0.1) is 0 Å². The van der Waals surface area contributed by atoms with Crippen molar-refractivity contribution in [3.63, 3.8) is 0 Å². The summed E-state index contributed by atoms with van der Waals surface area (Å²) < 4.78 is 1.08. The van der Waals surface area contributed by atoms with Gasteiger partial charge in [0.25, 0.3) is 0 Å². The van der Waals surface area contributed by atoms with E-state index < -0.39 is 0 Å². The van der Waals surface area contributed by atoms with Crippen LogP contribution in [-0.4, -0.2) is 4.98 Å². The van der Waals surface area contributed by atoms with E-state index in [4.69, 9.17) is 11.6 Å². The van der Waals surface area contributed by atoms with Gasteiger partial charge in [0, 0.05) is 26.2 Å². The van der Waals surface area contributed by atoms with Crippen molar-refractivity contribution < 1.29 is 0 Å². The predicted molar refractivity (Wildman–Crippen MR) is 58.1 cm³/mol. The van der Waals surface area contributed by atoms with Crippen molar-refractivity contribution in [2.75, 3.05) is 0 Å². The van der Waals surface area contributed by atoms with E-state index in [0.717, 1.165) is 15.0 Å². The lowest BCUT2D eigenvalue weighted by Crippen LogP contribution is -1.70. The molecule has 5 heteroatoms. The Morgan fingerprint density at radius 1 is 1.33 bits per heavy atom. The maximum atomic E-state index is 5.72. The minimum atomic E-state index is 0.563. The van der Waals surface area contributed by atoms with Gasteiger partial charge < -0.3 is 0 Å². The Morgan fingerprint density at radius 2 is 2.17 bits per heavy atom. The minimum absolute atomic E-state index is 0.563. The lowest BCUT2D eigenvalue weighted by atomic mass is 10.4. The zero-order valence-electron chi connectivity index (χ0n) is 5.75. The number of thiophene rings is 1. The second-order valence-corrected chi connectivity index (χ2v) is 4.95. The Morgan fingerprint density at radius 3 is 2.67 bits per heavy atom. The summed E-state index contributed by atoms with van der Waals surface area (Å²) in [7, 11) is 0. The van der Waals surface area contributed by atoms with E-state index in [1.807, 2.05) is 10.8 Å². The van der Waals surface area contributed by atoms with Gasteiger partial charge in [-0.15, -0.1) is 11.3 Å². The molecule has 0 aliphatic rings. The summed E-state index contributed by atoms with van der Waals surface area (Å²) in [5, 5.41) is 7.45. The largest absolute Gasteiger partial charge is 0.224 e. The zero-order valence-corrected chi connectivity index (χ0v) is 9.73. The molecule has 12 heavy (non-hydrogen) atoms. The normalized spacial score (nSPS) is 10.5. The van der Waals surface area contributed by atoms with E-state index >= 15 is 0 Å². The molecule has 0 fully saturated rings. The van der Waals surface area contributed by atoms with Crippen LogP contribution in [0.4, 0.5) is 0 Å². The molecular weight excluding hydrogens is 278 g/mol. The molecule has 0 atom stereocenters. The average molecular weight is 281 g/mol. The third-order valence-corrected chi connectivity index (χ3v) is 4.22. The Hall–Kier alpha value is 0.1000. The third-order valence-electron chi connectivity index (χ3n) is 1.32. The van der Waals surface area contributed by atoms with Gasteiger partial charge in [0.1, 0.15) is 10.2 Å². The summed E-state index contributed by atoms with van der Waals surface area (Å²) in [5.41, 5.74) is 1.12. The monoisotopic (exact) mass is 279 g/mol. The summed E-state index contributed by atoms with van der Waals surface area (Å²) in [4.78, 5) is 4.17. The van der Waals surface area contributed by atoms with E-state index in [-0.39, 0.29) is 0 Å². The number of halogens is 2. The van der Waals surface area contributed by atoms with Gasteiger partial charge >= 0.3 is 0 Å². The van der Waals surface area contributed by atoms with E-state index in [9.17, 15) is 0 Å². The van der Waals surface area contributed by atoms with Gasteiger partial charge in [-0.1, -0.05) is 11.6 Å². The maximum Gasteiger partial charge on any atom is 0.140 e. The summed E-state index contributed by atoms with van der Waals surface area (Å²) >= 11 is 12.4. The molecule has 0 radical (unpaired) electrons. The van der Waals surface area contributed by atoms with Crippen LogP contribution >= 0.6 is 50.2 Å². The number of thiazole rings is 1. The standard InChI is InChI=1S/C7H3BrClNS2/c8-5-2-11-1-4(5)7-10-6(9)3-12-7/h1-3H. The number of nitrogens with zero attached hydrogens (tertiary/aromatic N) is 1. The number of hydrogen-bond acceptors (Lipinski definition) is 3. The highest BCUT2D eigenvalue weighted by Gasteiger charge is 2.07. The highest BCUT2D eigenvalue weighted by atomic mass is 79.9. The van der Waals surface area contributed by atoms with E-state index in [2.05, 4.69) is 26.3 Å². The molecule has 0 saturated heterocycles. The zero-order chi connectivity index (χ0) is 8.55. The van der Waals surface area contributed by atoms with Crippen LogP contribution in [0.15, 0.2) is 20.6 Å². The molecule has 0 unspecified atom stereocenters. The van der Waals surface area contributed by atoms with Gasteiger partial charge in [-0.05, 0) is 15.9 Å². The van der Waals surface area contributed by atoms with Gasteiger partial charge in [-0.2, -0.15) is 11.3 Å². The molecular formula is C7H3BrClNS2. The Labute approximate surface area is 91.2 Å². The first-order valence-electron chi connectivity index (χ1n) is 3.10. The molecule has 1 nitrogen and oxygen atoms in total. The molecule has 0 aromatic carbocycles. The van der Waals surface area contributed by atoms with Crippen molar-refractivity contribution in [3.05, 3.63) is 25.8 Å². The number of hydrogen-bond donors (Lipinski definition) is 0. The molecule has 0 amide bonds. The quantitative estimate of drug-likeness (QED) is 0.759. The average Bonchev–Trinajstić information content (AvgIpc) is 2.58. The molecule has 2 heterocycles. The SMILES string of the molecule is Clc1csc(-c2cscc2Br)n1. The van der Waals surface area contributed by atoms with Crippen molar-refractivity contribution in [1.82, 2.24) is 4.98 Å². The fraction of sp³-hybridized carbons (Fsp3) is 0. The van der Waals surface area contributed by atoms with E-state index in [1.54, 1.807) is 22.7 Å². The van der Waals surface area contributed by atoms with Crippen molar-refractivity contribution in [2.24, 2.45) is 0 Å². The molecule has 0 aliphatic carbocycles. The van der Waals surface area contributed by atoms with Crippen LogP contribution in [0.1, 0.15) is 0 Å². The molecule has 0 bridgehead atoms. The van der Waals surface area contributed by atoms with Gasteiger partial charge in [-0.25, -0.2) is 4.98 Å². The fourth-order valence-corrected chi connectivity index (χ4v) is 3.46. The smallest absolute Gasteiger partial charge is 0.140 e. The van der Waals surface area contributed by atoms with Crippen molar-refractivity contribution in [2.45, 2.75) is 0 Å². The van der Waals surface area contributed by atoms with Gasteiger partial charge in [0.2, 0.25) is 0 Å². The summed E-state index contributed by atoms with van der Waals surface area (Å²) in [6, 6.07) is 0. The van der Waals surface area contributed by atoms with Crippen LogP contribution in [0.3, 0.4) is 0 Å². The Kier molecular flexibility index (Phi) is 2.50. The van der Waals surface area contributed by atoms with Crippen LogP contribution < -0.4 is 0 Å². The number of aromatic nitrogens is 1. The predicted octanol–water partition coefficient (Wildman–Crippen LogP) is 4.29. The molecule has 2 aromatic rings. The summed E-state index contributed by atoms with van der Waals surface area (Å²) in [6.45, 7) is 0. The Balaban J connectivity index is 2.50. The van der Waals surface area contributed by atoms with Gasteiger partial charge in [-0.3, -0.25) is 0 Å². The lowest BCUT2D eigenvalue weighted by molar-refractivity contribution is 1.42. The third kappa shape index (κ3) is 1.57. The van der Waals surface area contributed by atoms with E-state index in [1.165, 1.54) is 0 Å². The van der Waals surface area contributed by atoms with Crippen LogP contribution in [-0.2, 0) is 0 Å². The topological polar surface area (TPSA) is 12.9 Å². The molecule has 0 saturated carbocycles. The Bertz CT molecular complexity index is 396. The molecule has 2 aromatic heterocycles. The van der Waals surface area contributed by atoms with Crippen LogP contribution in [0.25, 0.3) is 10.6 Å². The first-order chi connectivity index (χ1) is 5.77. The number of rotatable bonds is 1. The fourth-order valence-electron chi connectivity index (χ4n) is 0.812. The second kappa shape index (κ2) is 3.46.